The van der Waals surface area contributed by atoms with Crippen LogP contribution >= 0.6 is 22.9 Å². The fourth-order valence-corrected chi connectivity index (χ4v) is 4.36. The molecule has 1 aliphatic heterocycles. The van der Waals surface area contributed by atoms with E-state index in [-0.39, 0.29) is 18.0 Å². The Balaban J connectivity index is 1.65. The van der Waals surface area contributed by atoms with Gasteiger partial charge in [0.15, 0.2) is 5.78 Å². The molecule has 1 aromatic heterocycles. The quantitative estimate of drug-likeness (QED) is 0.576. The zero-order valence-corrected chi connectivity index (χ0v) is 14.0. The molecule has 3 nitrogen and oxygen atoms in total. The summed E-state index contributed by atoms with van der Waals surface area (Å²) in [5.74, 6) is -0.484. The molecule has 4 rings (SSSR count). The molecule has 2 heterocycles. The van der Waals surface area contributed by atoms with Crippen LogP contribution in [0.25, 0.3) is 10.1 Å². The Morgan fingerprint density at radius 2 is 2.17 bits per heavy atom. The highest BCUT2D eigenvalue weighted by atomic mass is 35.5. The predicted octanol–water partition coefficient (Wildman–Crippen LogP) is 3.34. The molecule has 2 aromatic carbocycles. The van der Waals surface area contributed by atoms with Crippen LogP contribution in [0.5, 0.6) is 0 Å². The predicted molar refractivity (Wildman–Crippen MR) is 93.7 cm³/mol. The van der Waals surface area contributed by atoms with Crippen LogP contribution in [0.15, 0.2) is 36.4 Å². The van der Waals surface area contributed by atoms with Crippen molar-refractivity contribution in [1.29, 1.82) is 0 Å². The van der Waals surface area contributed by atoms with Gasteiger partial charge >= 0.3 is 7.12 Å². The molecule has 0 unspecified atom stereocenters. The summed E-state index contributed by atoms with van der Waals surface area (Å²) in [4.78, 5) is 13.0. The van der Waals surface area contributed by atoms with Crippen LogP contribution in [0.3, 0.4) is 0 Å². The number of ketones is 1. The molecular formula is C17H11BClFO3S. The summed E-state index contributed by atoms with van der Waals surface area (Å²) in [6, 6.07) is 9.78. The summed E-state index contributed by atoms with van der Waals surface area (Å²) in [5.41, 5.74) is 2.40. The normalized spacial score (nSPS) is 13.5. The van der Waals surface area contributed by atoms with E-state index in [4.69, 9.17) is 16.3 Å². The molecule has 0 saturated heterocycles. The maximum atomic E-state index is 13.3. The lowest BCUT2D eigenvalue weighted by Gasteiger charge is -2.04. The summed E-state index contributed by atoms with van der Waals surface area (Å²) in [5, 5.41) is 10.8. The zero-order chi connectivity index (χ0) is 16.8. The first kappa shape index (κ1) is 15.8. The van der Waals surface area contributed by atoms with Crippen LogP contribution in [0.1, 0.15) is 20.8 Å². The molecule has 0 spiro atoms. The van der Waals surface area contributed by atoms with Gasteiger partial charge < -0.3 is 9.68 Å². The van der Waals surface area contributed by atoms with Crippen LogP contribution in [0.2, 0.25) is 5.02 Å². The molecule has 7 heteroatoms. The Morgan fingerprint density at radius 1 is 1.33 bits per heavy atom. The van der Waals surface area contributed by atoms with Crippen molar-refractivity contribution < 1.29 is 18.9 Å². The van der Waals surface area contributed by atoms with Gasteiger partial charge in [-0.05, 0) is 34.8 Å². The van der Waals surface area contributed by atoms with Crippen molar-refractivity contribution in [2.24, 2.45) is 0 Å². The number of hydrogen-bond donors (Lipinski definition) is 1. The minimum atomic E-state index is -0.939. The number of thiophene rings is 1. The molecule has 0 radical (unpaired) electrons. The molecule has 120 valence electrons. The number of rotatable bonds is 3. The Kier molecular flexibility index (Phi) is 3.93. The Labute approximate surface area is 146 Å². The van der Waals surface area contributed by atoms with Crippen molar-refractivity contribution >= 4 is 51.4 Å². The third-order valence-corrected chi connectivity index (χ3v) is 5.78. The average Bonchev–Trinajstić information content (AvgIpc) is 3.08. The van der Waals surface area contributed by atoms with Crippen LogP contribution < -0.4 is 5.46 Å². The highest BCUT2D eigenvalue weighted by molar-refractivity contribution is 7.21. The van der Waals surface area contributed by atoms with E-state index in [9.17, 15) is 14.2 Å². The van der Waals surface area contributed by atoms with Gasteiger partial charge in [-0.1, -0.05) is 29.8 Å². The van der Waals surface area contributed by atoms with Crippen molar-refractivity contribution in [1.82, 2.24) is 0 Å². The summed E-state index contributed by atoms with van der Waals surface area (Å²) in [7, 11) is -0.939. The first-order valence-electron chi connectivity index (χ1n) is 7.35. The van der Waals surface area contributed by atoms with Crippen molar-refractivity contribution in [2.45, 2.75) is 13.0 Å². The molecule has 3 aromatic rings. The molecule has 0 bridgehead atoms. The van der Waals surface area contributed by atoms with Gasteiger partial charge in [-0.3, -0.25) is 4.79 Å². The van der Waals surface area contributed by atoms with E-state index >= 15 is 0 Å². The number of benzene rings is 2. The lowest BCUT2D eigenvalue weighted by molar-refractivity contribution is 0.0997. The van der Waals surface area contributed by atoms with Crippen LogP contribution in [-0.2, 0) is 17.7 Å². The molecule has 0 aliphatic carbocycles. The highest BCUT2D eigenvalue weighted by Gasteiger charge is 2.27. The van der Waals surface area contributed by atoms with Crippen LogP contribution in [0.4, 0.5) is 4.39 Å². The lowest BCUT2D eigenvalue weighted by Crippen LogP contribution is -2.28. The fourth-order valence-electron chi connectivity index (χ4n) is 2.86. The van der Waals surface area contributed by atoms with Gasteiger partial charge in [0.25, 0.3) is 0 Å². The van der Waals surface area contributed by atoms with E-state index in [1.54, 1.807) is 12.1 Å². The summed E-state index contributed by atoms with van der Waals surface area (Å²) in [6.45, 7) is 0.373. The van der Waals surface area contributed by atoms with Crippen LogP contribution in [-0.4, -0.2) is 17.9 Å². The zero-order valence-electron chi connectivity index (χ0n) is 12.4. The van der Waals surface area contributed by atoms with E-state index in [2.05, 4.69) is 0 Å². The first-order chi connectivity index (χ1) is 11.5. The number of hydrogen-bond acceptors (Lipinski definition) is 4. The standard InChI is InChI=1S/C17H11BClFO3S/c19-16-12-4-3-11(20)7-15(12)24-17(16)14(21)6-9-1-2-10-8-23-18(22)13(10)5-9/h1-5,7,22H,6,8H2. The Hall–Kier alpha value is -1.73. The second kappa shape index (κ2) is 5.97. The van der Waals surface area contributed by atoms with Gasteiger partial charge in [0.05, 0.1) is 16.5 Å². The van der Waals surface area contributed by atoms with Gasteiger partial charge in [-0.15, -0.1) is 11.3 Å². The molecular weight excluding hydrogens is 350 g/mol. The third kappa shape index (κ3) is 2.65. The molecule has 0 atom stereocenters. The summed E-state index contributed by atoms with van der Waals surface area (Å²) >= 11 is 7.49. The van der Waals surface area contributed by atoms with E-state index in [0.29, 0.717) is 32.1 Å². The third-order valence-electron chi connectivity index (χ3n) is 4.08. The largest absolute Gasteiger partial charge is 0.491 e. The van der Waals surface area contributed by atoms with Crippen molar-refractivity contribution in [3.8, 4) is 0 Å². The minimum Gasteiger partial charge on any atom is -0.423 e. The smallest absolute Gasteiger partial charge is 0.423 e. The number of carbonyl (C=O) groups is 1. The van der Waals surface area contributed by atoms with Crippen LogP contribution in [0, 0.1) is 5.82 Å². The molecule has 1 aliphatic rings. The Bertz CT molecular complexity index is 972. The maximum absolute atomic E-state index is 13.3. The molecule has 0 saturated carbocycles. The van der Waals surface area contributed by atoms with E-state index < -0.39 is 7.12 Å². The van der Waals surface area contributed by atoms with Gasteiger partial charge in [0.2, 0.25) is 0 Å². The molecule has 24 heavy (non-hydrogen) atoms. The van der Waals surface area contributed by atoms with E-state index in [0.717, 1.165) is 11.1 Å². The summed E-state index contributed by atoms with van der Waals surface area (Å²) < 4.78 is 19.1. The number of Topliss-reactive ketones (excluding diaryl/α,β-unsaturated/α-hetero) is 1. The SMILES string of the molecule is O=C(Cc1ccc2c(c1)B(O)OC2)c1sc2cc(F)ccc2c1Cl. The van der Waals surface area contributed by atoms with Crippen molar-refractivity contribution in [3.05, 3.63) is 63.2 Å². The fraction of sp³-hybridized carbons (Fsp3) is 0.118. The topological polar surface area (TPSA) is 46.5 Å². The van der Waals surface area contributed by atoms with Gasteiger partial charge in [0.1, 0.15) is 5.82 Å². The second-order valence-electron chi connectivity index (χ2n) is 5.68. The van der Waals surface area contributed by atoms with Crippen molar-refractivity contribution in [3.63, 3.8) is 0 Å². The summed E-state index contributed by atoms with van der Waals surface area (Å²) in [6.07, 6.45) is 0.162. The van der Waals surface area contributed by atoms with Crippen molar-refractivity contribution in [2.75, 3.05) is 0 Å². The monoisotopic (exact) mass is 360 g/mol. The van der Waals surface area contributed by atoms with Gasteiger partial charge in [0, 0.05) is 16.5 Å². The molecule has 1 N–H and O–H groups in total. The molecule has 0 fully saturated rings. The minimum absolute atomic E-state index is 0.130. The van der Waals surface area contributed by atoms with E-state index in [1.165, 1.54) is 23.5 Å². The number of fused-ring (bicyclic) bond motifs is 2. The first-order valence-corrected chi connectivity index (χ1v) is 8.54. The number of carbonyl (C=O) groups excluding carboxylic acids is 1. The van der Waals surface area contributed by atoms with E-state index in [1.807, 2.05) is 12.1 Å². The second-order valence-corrected chi connectivity index (χ2v) is 7.11. The molecule has 0 amide bonds. The average molecular weight is 361 g/mol. The Morgan fingerprint density at radius 3 is 3.00 bits per heavy atom. The lowest BCUT2D eigenvalue weighted by atomic mass is 9.78. The number of halogens is 2. The maximum Gasteiger partial charge on any atom is 0.491 e. The van der Waals surface area contributed by atoms with Gasteiger partial charge in [-0.2, -0.15) is 0 Å². The highest BCUT2D eigenvalue weighted by Crippen LogP contribution is 2.36. The van der Waals surface area contributed by atoms with Gasteiger partial charge in [-0.25, -0.2) is 4.39 Å².